The lowest BCUT2D eigenvalue weighted by Crippen LogP contribution is -2.27. The molecule has 0 radical (unpaired) electrons. The van der Waals surface area contributed by atoms with E-state index in [1.54, 1.807) is 0 Å². The van der Waals surface area contributed by atoms with Gasteiger partial charge in [-0.3, -0.25) is 4.79 Å². The van der Waals surface area contributed by atoms with E-state index in [-0.39, 0.29) is 23.4 Å². The second kappa shape index (κ2) is 6.76. The molecule has 0 fully saturated rings. The van der Waals surface area contributed by atoms with Crippen molar-refractivity contribution in [3.05, 3.63) is 59.7 Å². The molecule has 5 heteroatoms. The van der Waals surface area contributed by atoms with E-state index in [0.717, 1.165) is 5.56 Å². The fourth-order valence-electron chi connectivity index (χ4n) is 1.97. The highest BCUT2D eigenvalue weighted by Gasteiger charge is 2.10. The third-order valence-electron chi connectivity index (χ3n) is 3.21. The largest absolute Gasteiger partial charge is 0.504 e. The first kappa shape index (κ1) is 14.9. The number of carbonyl (C=O) groups is 1. The number of nitrogens with one attached hydrogen (secondary N) is 1. The third-order valence-corrected chi connectivity index (χ3v) is 3.21. The molecule has 0 aliphatic carbocycles. The molecule has 0 saturated heterocycles. The highest BCUT2D eigenvalue weighted by atomic mass is 16.3. The van der Waals surface area contributed by atoms with Crippen molar-refractivity contribution in [3.63, 3.8) is 0 Å². The van der Waals surface area contributed by atoms with Crippen LogP contribution in [0.15, 0.2) is 48.5 Å². The number of carbonyl (C=O) groups excluding carboxylic acids is 1. The summed E-state index contributed by atoms with van der Waals surface area (Å²) < 4.78 is 0. The molecule has 0 aliphatic rings. The maximum atomic E-state index is 11.9. The molecule has 0 heterocycles. The van der Waals surface area contributed by atoms with Gasteiger partial charge in [-0.1, -0.05) is 30.3 Å². The molecule has 2 aromatic rings. The lowest BCUT2D eigenvalue weighted by atomic mass is 10.0. The average Bonchev–Trinajstić information content (AvgIpc) is 2.50. The molecule has 5 N–H and O–H groups in total. The third kappa shape index (κ3) is 3.97. The topological polar surface area (TPSA) is 95.6 Å². The smallest absolute Gasteiger partial charge is 0.251 e. The normalized spacial score (nSPS) is 11.9. The van der Waals surface area contributed by atoms with Crippen LogP contribution in [0.2, 0.25) is 0 Å². The van der Waals surface area contributed by atoms with E-state index in [2.05, 4.69) is 5.32 Å². The Morgan fingerprint density at radius 1 is 1.10 bits per heavy atom. The first-order valence-electron chi connectivity index (χ1n) is 6.68. The number of phenols is 2. The van der Waals surface area contributed by atoms with Crippen molar-refractivity contribution in [2.75, 3.05) is 6.54 Å². The molecule has 2 aromatic carbocycles. The predicted octanol–water partition coefficient (Wildman–Crippen LogP) is 1.92. The van der Waals surface area contributed by atoms with Gasteiger partial charge in [-0.15, -0.1) is 0 Å². The Bertz CT molecular complexity index is 614. The van der Waals surface area contributed by atoms with Gasteiger partial charge in [-0.05, 0) is 30.2 Å². The Balaban J connectivity index is 1.85. The van der Waals surface area contributed by atoms with Gasteiger partial charge in [0.25, 0.3) is 5.91 Å². The van der Waals surface area contributed by atoms with Gasteiger partial charge < -0.3 is 21.3 Å². The second-order valence-electron chi connectivity index (χ2n) is 4.77. The summed E-state index contributed by atoms with van der Waals surface area (Å²) >= 11 is 0. The minimum atomic E-state index is -0.316. The van der Waals surface area contributed by atoms with Crippen LogP contribution in [0.1, 0.15) is 28.4 Å². The number of nitrogens with two attached hydrogens (primary N) is 1. The van der Waals surface area contributed by atoms with Crippen LogP contribution < -0.4 is 11.1 Å². The number of aromatic hydroxyl groups is 2. The number of phenolic OH excluding ortho intramolecular Hbond substituents is 2. The summed E-state index contributed by atoms with van der Waals surface area (Å²) in [6, 6.07) is 13.5. The molecule has 21 heavy (non-hydrogen) atoms. The van der Waals surface area contributed by atoms with Crippen molar-refractivity contribution in [3.8, 4) is 11.5 Å². The SMILES string of the molecule is NC(CCNC(=O)c1ccc(O)c(O)c1)c1ccccc1. The quantitative estimate of drug-likeness (QED) is 0.631. The molecule has 0 spiro atoms. The molecule has 0 aliphatic heterocycles. The van der Waals surface area contributed by atoms with Gasteiger partial charge in [0.05, 0.1) is 0 Å². The zero-order chi connectivity index (χ0) is 15.2. The van der Waals surface area contributed by atoms with Gasteiger partial charge in [-0.2, -0.15) is 0 Å². The first-order valence-corrected chi connectivity index (χ1v) is 6.68. The standard InChI is InChI=1S/C16H18N2O3/c17-13(11-4-2-1-3-5-11)8-9-18-16(21)12-6-7-14(19)15(20)10-12/h1-7,10,13,19-20H,8-9,17H2,(H,18,21). The van der Waals surface area contributed by atoms with E-state index >= 15 is 0 Å². The zero-order valence-electron chi connectivity index (χ0n) is 11.5. The monoisotopic (exact) mass is 286 g/mol. The van der Waals surface area contributed by atoms with Crippen LogP contribution in [0.5, 0.6) is 11.5 Å². The average molecular weight is 286 g/mol. The van der Waals surface area contributed by atoms with Crippen LogP contribution in [-0.4, -0.2) is 22.7 Å². The van der Waals surface area contributed by atoms with Crippen molar-refractivity contribution in [1.82, 2.24) is 5.32 Å². The molecule has 0 bridgehead atoms. The Morgan fingerprint density at radius 2 is 1.81 bits per heavy atom. The summed E-state index contributed by atoms with van der Waals surface area (Å²) in [4.78, 5) is 11.9. The molecule has 0 aromatic heterocycles. The molecule has 2 rings (SSSR count). The zero-order valence-corrected chi connectivity index (χ0v) is 11.5. The molecule has 5 nitrogen and oxygen atoms in total. The molecular formula is C16H18N2O3. The minimum absolute atomic E-state index is 0.139. The molecule has 110 valence electrons. The molecule has 1 amide bonds. The van der Waals surface area contributed by atoms with E-state index in [1.165, 1.54) is 18.2 Å². The van der Waals surface area contributed by atoms with Crippen molar-refractivity contribution < 1.29 is 15.0 Å². The Hall–Kier alpha value is -2.53. The molecule has 1 unspecified atom stereocenters. The molecular weight excluding hydrogens is 268 g/mol. The van der Waals surface area contributed by atoms with Crippen LogP contribution in [0.4, 0.5) is 0 Å². The van der Waals surface area contributed by atoms with Crippen molar-refractivity contribution >= 4 is 5.91 Å². The van der Waals surface area contributed by atoms with Gasteiger partial charge >= 0.3 is 0 Å². The number of rotatable bonds is 5. The summed E-state index contributed by atoms with van der Waals surface area (Å²) in [7, 11) is 0. The number of hydrogen-bond donors (Lipinski definition) is 4. The summed E-state index contributed by atoms with van der Waals surface area (Å²) in [6.07, 6.45) is 0.611. The summed E-state index contributed by atoms with van der Waals surface area (Å²) in [5.41, 5.74) is 7.35. The Morgan fingerprint density at radius 3 is 2.48 bits per heavy atom. The summed E-state index contributed by atoms with van der Waals surface area (Å²) in [5, 5.41) is 21.3. The number of amides is 1. The first-order chi connectivity index (χ1) is 10.1. The predicted molar refractivity (Wildman–Crippen MR) is 80.1 cm³/mol. The molecule has 1 atom stereocenters. The van der Waals surface area contributed by atoms with E-state index in [9.17, 15) is 15.0 Å². The summed E-state index contributed by atoms with van der Waals surface area (Å²) in [6.45, 7) is 0.427. The van der Waals surface area contributed by atoms with Crippen LogP contribution in [-0.2, 0) is 0 Å². The fraction of sp³-hybridized carbons (Fsp3) is 0.188. The molecule has 0 saturated carbocycles. The van der Waals surface area contributed by atoms with Gasteiger partial charge in [-0.25, -0.2) is 0 Å². The lowest BCUT2D eigenvalue weighted by molar-refractivity contribution is 0.0952. The van der Waals surface area contributed by atoms with Crippen molar-refractivity contribution in [2.45, 2.75) is 12.5 Å². The Labute approximate surface area is 123 Å². The van der Waals surface area contributed by atoms with Gasteiger partial charge in [0, 0.05) is 18.2 Å². The van der Waals surface area contributed by atoms with E-state index in [1.807, 2.05) is 30.3 Å². The van der Waals surface area contributed by atoms with E-state index in [4.69, 9.17) is 5.73 Å². The van der Waals surface area contributed by atoms with Gasteiger partial charge in [0.2, 0.25) is 0 Å². The number of hydrogen-bond acceptors (Lipinski definition) is 4. The highest BCUT2D eigenvalue weighted by molar-refractivity contribution is 5.94. The maximum absolute atomic E-state index is 11.9. The van der Waals surface area contributed by atoms with E-state index < -0.39 is 0 Å². The summed E-state index contributed by atoms with van der Waals surface area (Å²) in [5.74, 6) is -0.883. The minimum Gasteiger partial charge on any atom is -0.504 e. The van der Waals surface area contributed by atoms with Crippen molar-refractivity contribution in [1.29, 1.82) is 0 Å². The second-order valence-corrected chi connectivity index (χ2v) is 4.77. The number of benzene rings is 2. The lowest BCUT2D eigenvalue weighted by Gasteiger charge is -2.12. The maximum Gasteiger partial charge on any atom is 0.251 e. The van der Waals surface area contributed by atoms with E-state index in [0.29, 0.717) is 18.5 Å². The highest BCUT2D eigenvalue weighted by Crippen LogP contribution is 2.24. The van der Waals surface area contributed by atoms with Crippen LogP contribution in [0.3, 0.4) is 0 Å². The van der Waals surface area contributed by atoms with Crippen LogP contribution >= 0.6 is 0 Å². The van der Waals surface area contributed by atoms with Gasteiger partial charge in [0.1, 0.15) is 0 Å². The van der Waals surface area contributed by atoms with Crippen LogP contribution in [0, 0.1) is 0 Å². The van der Waals surface area contributed by atoms with Gasteiger partial charge in [0.15, 0.2) is 11.5 Å². The van der Waals surface area contributed by atoms with Crippen molar-refractivity contribution in [2.24, 2.45) is 5.73 Å². The fourth-order valence-corrected chi connectivity index (χ4v) is 1.97. The van der Waals surface area contributed by atoms with Crippen LogP contribution in [0.25, 0.3) is 0 Å². The Kier molecular flexibility index (Phi) is 4.79.